The summed E-state index contributed by atoms with van der Waals surface area (Å²) in [4.78, 5) is 54.3. The number of nitrogens with zero attached hydrogens (tertiary/aromatic N) is 2. The zero-order valence-corrected chi connectivity index (χ0v) is 21.2. The summed E-state index contributed by atoms with van der Waals surface area (Å²) >= 11 is 6.35. The van der Waals surface area contributed by atoms with E-state index in [9.17, 15) is 19.2 Å². The van der Waals surface area contributed by atoms with Gasteiger partial charge in [0, 0.05) is 31.1 Å². The zero-order chi connectivity index (χ0) is 25.5. The molecule has 0 spiro atoms. The summed E-state index contributed by atoms with van der Waals surface area (Å²) in [6.07, 6.45) is 0.831. The van der Waals surface area contributed by atoms with Gasteiger partial charge < -0.3 is 10.2 Å². The number of hydrogen-bond donors (Lipinski definition) is 1. The summed E-state index contributed by atoms with van der Waals surface area (Å²) in [7, 11) is 0. The molecule has 0 saturated heterocycles. The van der Waals surface area contributed by atoms with Gasteiger partial charge in [0.05, 0.1) is 11.1 Å². The number of halogens is 1. The lowest BCUT2D eigenvalue weighted by atomic mass is 10.1. The number of hydrogen-bond acceptors (Lipinski definition) is 4. The molecule has 1 atom stereocenters. The summed E-state index contributed by atoms with van der Waals surface area (Å²) < 4.78 is 0. The highest BCUT2D eigenvalue weighted by molar-refractivity contribution is 6.31. The van der Waals surface area contributed by atoms with Crippen LogP contribution in [0.3, 0.4) is 0 Å². The first kappa shape index (κ1) is 26.4. The first-order valence-corrected chi connectivity index (χ1v) is 12.4. The van der Waals surface area contributed by atoms with Crippen LogP contribution in [0.25, 0.3) is 0 Å². The molecule has 4 amide bonds. The number of rotatable bonds is 11. The van der Waals surface area contributed by atoms with Gasteiger partial charge in [-0.1, -0.05) is 62.7 Å². The zero-order valence-electron chi connectivity index (χ0n) is 20.4. The molecule has 0 bridgehead atoms. The molecule has 1 aliphatic heterocycles. The molecule has 1 N–H and O–H groups in total. The molecule has 0 aliphatic carbocycles. The molecule has 0 fully saturated rings. The van der Waals surface area contributed by atoms with Gasteiger partial charge in [0.15, 0.2) is 0 Å². The van der Waals surface area contributed by atoms with Crippen LogP contribution in [0.15, 0.2) is 48.5 Å². The lowest BCUT2D eigenvalue weighted by Gasteiger charge is -2.31. The molecule has 0 unspecified atom stereocenters. The molecule has 7 nitrogen and oxygen atoms in total. The third kappa shape index (κ3) is 6.28. The number of carbonyl (C=O) groups excluding carboxylic acids is 4. The smallest absolute Gasteiger partial charge is 0.261 e. The molecule has 0 saturated carbocycles. The topological polar surface area (TPSA) is 86.8 Å². The van der Waals surface area contributed by atoms with Crippen molar-refractivity contribution in [2.75, 3.05) is 13.1 Å². The average Bonchev–Trinajstić information content (AvgIpc) is 3.08. The lowest BCUT2D eigenvalue weighted by molar-refractivity contribution is -0.141. The second kappa shape index (κ2) is 12.0. The third-order valence-electron chi connectivity index (χ3n) is 6.02. The molecule has 0 radical (unpaired) electrons. The van der Waals surface area contributed by atoms with Crippen molar-refractivity contribution < 1.29 is 19.2 Å². The monoisotopic (exact) mass is 497 g/mol. The van der Waals surface area contributed by atoms with E-state index in [1.807, 2.05) is 39.0 Å². The Hall–Kier alpha value is -3.19. The maximum absolute atomic E-state index is 13.4. The normalized spacial score (nSPS) is 13.7. The summed E-state index contributed by atoms with van der Waals surface area (Å²) in [6, 6.07) is 13.3. The number of imide groups is 1. The van der Waals surface area contributed by atoms with Crippen LogP contribution < -0.4 is 5.32 Å². The third-order valence-corrected chi connectivity index (χ3v) is 6.39. The van der Waals surface area contributed by atoms with Gasteiger partial charge in [0.1, 0.15) is 6.04 Å². The molecular weight excluding hydrogens is 466 g/mol. The summed E-state index contributed by atoms with van der Waals surface area (Å²) in [5, 5.41) is 3.45. The Balaban J connectivity index is 1.71. The molecule has 8 heteroatoms. The van der Waals surface area contributed by atoms with Crippen molar-refractivity contribution >= 4 is 35.2 Å². The maximum Gasteiger partial charge on any atom is 0.261 e. The Morgan fingerprint density at radius 3 is 2.17 bits per heavy atom. The van der Waals surface area contributed by atoms with Crippen molar-refractivity contribution in [3.8, 4) is 0 Å². The molecule has 35 heavy (non-hydrogen) atoms. The number of benzene rings is 2. The highest BCUT2D eigenvalue weighted by atomic mass is 35.5. The second-order valence-corrected chi connectivity index (χ2v) is 9.49. The van der Waals surface area contributed by atoms with Gasteiger partial charge in [0.2, 0.25) is 11.8 Å². The van der Waals surface area contributed by atoms with E-state index in [0.29, 0.717) is 35.5 Å². The van der Waals surface area contributed by atoms with Gasteiger partial charge in [-0.15, -0.1) is 0 Å². The Morgan fingerprint density at radius 1 is 1.00 bits per heavy atom. The van der Waals surface area contributed by atoms with Crippen molar-refractivity contribution in [2.24, 2.45) is 5.92 Å². The van der Waals surface area contributed by atoms with E-state index in [1.165, 1.54) is 4.90 Å². The van der Waals surface area contributed by atoms with Gasteiger partial charge in [-0.05, 0) is 42.5 Å². The SMILES string of the molecule is CC[C@@H](C(=O)NCC(C)C)N(Cc1ccccc1Cl)C(=O)CCCN1C(=O)c2ccccc2C1=O. The Morgan fingerprint density at radius 2 is 1.60 bits per heavy atom. The van der Waals surface area contributed by atoms with Crippen molar-refractivity contribution in [1.82, 2.24) is 15.1 Å². The fraction of sp³-hybridized carbons (Fsp3) is 0.407. The fourth-order valence-corrected chi connectivity index (χ4v) is 4.32. The molecule has 3 rings (SSSR count). The van der Waals surface area contributed by atoms with Crippen LogP contribution in [-0.2, 0) is 16.1 Å². The minimum Gasteiger partial charge on any atom is -0.354 e. The van der Waals surface area contributed by atoms with Crippen molar-refractivity contribution in [3.63, 3.8) is 0 Å². The maximum atomic E-state index is 13.4. The number of fused-ring (bicyclic) bond motifs is 1. The first-order chi connectivity index (χ1) is 16.7. The number of nitrogens with one attached hydrogen (secondary N) is 1. The van der Waals surface area contributed by atoms with E-state index in [-0.39, 0.29) is 49.1 Å². The van der Waals surface area contributed by atoms with Crippen LogP contribution >= 0.6 is 11.6 Å². The minimum atomic E-state index is -0.656. The summed E-state index contributed by atoms with van der Waals surface area (Å²) in [5.74, 6) is -0.838. The van der Waals surface area contributed by atoms with Crippen LogP contribution in [0, 0.1) is 5.92 Å². The Bertz CT molecular complexity index is 1070. The highest BCUT2D eigenvalue weighted by Crippen LogP contribution is 2.24. The molecule has 2 aromatic carbocycles. The quantitative estimate of drug-likeness (QED) is 0.469. The predicted octanol–water partition coefficient (Wildman–Crippen LogP) is 4.30. The van der Waals surface area contributed by atoms with Gasteiger partial charge in [-0.3, -0.25) is 24.1 Å². The predicted molar refractivity (Wildman–Crippen MR) is 135 cm³/mol. The van der Waals surface area contributed by atoms with Gasteiger partial charge in [0.25, 0.3) is 11.8 Å². The molecule has 0 aromatic heterocycles. The van der Waals surface area contributed by atoms with E-state index in [2.05, 4.69) is 5.32 Å². The van der Waals surface area contributed by atoms with Crippen LogP contribution in [0.2, 0.25) is 5.02 Å². The van der Waals surface area contributed by atoms with Gasteiger partial charge >= 0.3 is 0 Å². The molecule has 1 heterocycles. The number of amides is 4. The molecule has 1 aliphatic rings. The van der Waals surface area contributed by atoms with E-state index in [0.717, 1.165) is 5.56 Å². The summed E-state index contributed by atoms with van der Waals surface area (Å²) in [6.45, 7) is 6.72. The first-order valence-electron chi connectivity index (χ1n) is 12.0. The standard InChI is InChI=1S/C27H32ClN3O4/c1-4-23(25(33)29-16-18(2)3)31(17-19-10-5-8-13-22(19)28)24(32)14-9-15-30-26(34)20-11-6-7-12-21(20)27(30)35/h5-8,10-13,18,23H,4,9,14-17H2,1-3H3,(H,29,33)/t23-/m0/s1. The lowest BCUT2D eigenvalue weighted by Crippen LogP contribution is -2.49. The van der Waals surface area contributed by atoms with Gasteiger partial charge in [-0.2, -0.15) is 0 Å². The minimum absolute atomic E-state index is 0.0891. The fourth-order valence-electron chi connectivity index (χ4n) is 4.13. The summed E-state index contributed by atoms with van der Waals surface area (Å²) in [5.41, 5.74) is 1.52. The van der Waals surface area contributed by atoms with Crippen LogP contribution in [0.5, 0.6) is 0 Å². The molecular formula is C27H32ClN3O4. The average molecular weight is 498 g/mol. The van der Waals surface area contributed by atoms with E-state index in [4.69, 9.17) is 11.6 Å². The largest absolute Gasteiger partial charge is 0.354 e. The van der Waals surface area contributed by atoms with E-state index < -0.39 is 6.04 Å². The van der Waals surface area contributed by atoms with Crippen LogP contribution in [-0.4, -0.2) is 52.6 Å². The Labute approximate surface area is 211 Å². The second-order valence-electron chi connectivity index (χ2n) is 9.09. The Kier molecular flexibility index (Phi) is 9.04. The van der Waals surface area contributed by atoms with Crippen LogP contribution in [0.1, 0.15) is 66.3 Å². The van der Waals surface area contributed by atoms with Gasteiger partial charge in [-0.25, -0.2) is 0 Å². The van der Waals surface area contributed by atoms with Crippen molar-refractivity contribution in [2.45, 2.75) is 52.6 Å². The van der Waals surface area contributed by atoms with Crippen molar-refractivity contribution in [3.05, 3.63) is 70.2 Å². The number of carbonyl (C=O) groups is 4. The molecule has 186 valence electrons. The van der Waals surface area contributed by atoms with E-state index >= 15 is 0 Å². The van der Waals surface area contributed by atoms with Crippen LogP contribution in [0.4, 0.5) is 0 Å². The van der Waals surface area contributed by atoms with E-state index in [1.54, 1.807) is 35.2 Å². The molecule has 2 aromatic rings. The highest BCUT2D eigenvalue weighted by Gasteiger charge is 2.35. The van der Waals surface area contributed by atoms with Crippen molar-refractivity contribution in [1.29, 1.82) is 0 Å².